The highest BCUT2D eigenvalue weighted by atomic mass is 19.1. The number of aliphatic hydroxyl groups is 1. The molecular weight excluding hydrogens is 383 g/mol. The van der Waals surface area contributed by atoms with Crippen molar-refractivity contribution >= 4 is 17.2 Å². The monoisotopic (exact) mass is 406 g/mol. The fourth-order valence-corrected chi connectivity index (χ4v) is 2.86. The first-order chi connectivity index (χ1) is 14.3. The Morgan fingerprint density at radius 2 is 1.93 bits per heavy atom. The number of benzene rings is 1. The van der Waals surface area contributed by atoms with Gasteiger partial charge >= 0.3 is 0 Å². The van der Waals surface area contributed by atoms with Crippen molar-refractivity contribution in [3.05, 3.63) is 84.6 Å². The minimum absolute atomic E-state index is 0.331. The molecule has 1 unspecified atom stereocenters. The normalized spacial score (nSPS) is 12.7. The number of carbonyl (C=O) groups is 1. The van der Waals surface area contributed by atoms with E-state index in [9.17, 15) is 14.3 Å². The lowest BCUT2D eigenvalue weighted by Crippen LogP contribution is -2.47. The first-order valence-electron chi connectivity index (χ1n) is 9.42. The molecule has 2 atom stereocenters. The third-order valence-electron chi connectivity index (χ3n) is 4.51. The number of amides is 1. The van der Waals surface area contributed by atoms with E-state index in [1.807, 2.05) is 6.92 Å². The predicted molar refractivity (Wildman–Crippen MR) is 115 cm³/mol. The molecule has 6 nitrogen and oxygen atoms in total. The van der Waals surface area contributed by atoms with Crippen molar-refractivity contribution in [1.82, 2.24) is 15.3 Å². The zero-order chi connectivity index (χ0) is 21.7. The molecule has 3 aromatic rings. The molecule has 1 amide bonds. The van der Waals surface area contributed by atoms with Crippen LogP contribution >= 0.6 is 0 Å². The number of rotatable bonds is 7. The van der Waals surface area contributed by atoms with Gasteiger partial charge in [0.25, 0.3) is 5.91 Å². The molecule has 0 radical (unpaired) electrons. The van der Waals surface area contributed by atoms with Gasteiger partial charge in [-0.1, -0.05) is 6.58 Å². The standard InChI is InChI=1S/C23H23FN4O2/c1-14(2)19-13-26-20(16-6-8-18(24)9-7-16)11-21(19)27-22(15(3)29)28-23(30)17-5-4-10-25-12-17/h4-13,15,22,29H,1H2,2-3H3,(H,26,27)(H,28,30)/t15-,22?/m0/s1. The Bertz CT molecular complexity index is 1040. The fraction of sp³-hybridized carbons (Fsp3) is 0.174. The van der Waals surface area contributed by atoms with Crippen LogP contribution in [0.15, 0.2) is 67.6 Å². The Hall–Kier alpha value is -3.58. The maximum Gasteiger partial charge on any atom is 0.254 e. The molecule has 154 valence electrons. The summed E-state index contributed by atoms with van der Waals surface area (Å²) in [5.74, 6) is -0.700. The molecule has 0 spiro atoms. The second-order valence-electron chi connectivity index (χ2n) is 6.98. The van der Waals surface area contributed by atoms with Crippen molar-refractivity contribution in [1.29, 1.82) is 0 Å². The summed E-state index contributed by atoms with van der Waals surface area (Å²) in [5.41, 5.74) is 3.87. The zero-order valence-electron chi connectivity index (χ0n) is 16.8. The summed E-state index contributed by atoms with van der Waals surface area (Å²) in [5, 5.41) is 16.2. The van der Waals surface area contributed by atoms with Crippen LogP contribution in [0.25, 0.3) is 16.8 Å². The lowest BCUT2D eigenvalue weighted by Gasteiger charge is -2.25. The number of hydrogen-bond acceptors (Lipinski definition) is 5. The van der Waals surface area contributed by atoms with Crippen LogP contribution in [0, 0.1) is 5.82 Å². The SMILES string of the molecule is C=C(C)c1cnc(-c2ccc(F)cc2)cc1NC(NC(=O)c1cccnc1)[C@H](C)O. The molecule has 0 aliphatic carbocycles. The van der Waals surface area contributed by atoms with Crippen molar-refractivity contribution < 1.29 is 14.3 Å². The topological polar surface area (TPSA) is 87.1 Å². The van der Waals surface area contributed by atoms with Gasteiger partial charge in [0, 0.05) is 35.4 Å². The second-order valence-corrected chi connectivity index (χ2v) is 6.98. The molecule has 3 N–H and O–H groups in total. The Kier molecular flexibility index (Phi) is 6.54. The molecule has 3 rings (SSSR count). The van der Waals surface area contributed by atoms with Crippen LogP contribution < -0.4 is 10.6 Å². The molecule has 7 heteroatoms. The first kappa shape index (κ1) is 21.1. The zero-order valence-corrected chi connectivity index (χ0v) is 16.8. The van der Waals surface area contributed by atoms with E-state index in [4.69, 9.17) is 0 Å². The Morgan fingerprint density at radius 3 is 2.53 bits per heavy atom. The number of hydrogen-bond donors (Lipinski definition) is 3. The van der Waals surface area contributed by atoms with E-state index in [0.717, 1.165) is 16.7 Å². The molecule has 0 aliphatic rings. The van der Waals surface area contributed by atoms with Crippen molar-refractivity contribution in [3.63, 3.8) is 0 Å². The Labute approximate surface area is 174 Å². The number of halogens is 1. The van der Waals surface area contributed by atoms with Crippen LogP contribution in [0.3, 0.4) is 0 Å². The number of carbonyl (C=O) groups excluding carboxylic acids is 1. The lowest BCUT2D eigenvalue weighted by atomic mass is 10.0. The van der Waals surface area contributed by atoms with Gasteiger partial charge in [0.2, 0.25) is 0 Å². The summed E-state index contributed by atoms with van der Waals surface area (Å²) in [6, 6.07) is 11.1. The third-order valence-corrected chi connectivity index (χ3v) is 4.51. The predicted octanol–water partition coefficient (Wildman–Crippen LogP) is 3.86. The van der Waals surface area contributed by atoms with Gasteiger partial charge in [-0.05, 0) is 61.9 Å². The maximum absolute atomic E-state index is 13.3. The number of nitrogens with one attached hydrogen (secondary N) is 2. The summed E-state index contributed by atoms with van der Waals surface area (Å²) < 4.78 is 13.3. The van der Waals surface area contributed by atoms with Crippen LogP contribution in [0.4, 0.5) is 10.1 Å². The minimum Gasteiger partial charge on any atom is -0.389 e. The van der Waals surface area contributed by atoms with Crippen molar-refractivity contribution in [2.75, 3.05) is 5.32 Å². The number of pyridine rings is 2. The maximum atomic E-state index is 13.3. The van der Waals surface area contributed by atoms with Crippen molar-refractivity contribution in [3.8, 4) is 11.3 Å². The van der Waals surface area contributed by atoms with Crippen LogP contribution in [0.5, 0.6) is 0 Å². The van der Waals surface area contributed by atoms with Gasteiger partial charge in [0.05, 0.1) is 17.4 Å². The number of aliphatic hydroxyl groups excluding tert-OH is 1. The molecule has 0 saturated heterocycles. The van der Waals surface area contributed by atoms with Crippen LogP contribution in [0.1, 0.15) is 29.8 Å². The first-order valence-corrected chi connectivity index (χ1v) is 9.42. The molecule has 0 bridgehead atoms. The molecule has 1 aromatic carbocycles. The quantitative estimate of drug-likeness (QED) is 0.519. The van der Waals surface area contributed by atoms with E-state index in [1.165, 1.54) is 18.3 Å². The lowest BCUT2D eigenvalue weighted by molar-refractivity contribution is 0.0879. The molecular formula is C23H23FN4O2. The Balaban J connectivity index is 1.90. The van der Waals surface area contributed by atoms with E-state index in [0.29, 0.717) is 16.9 Å². The number of allylic oxidation sites excluding steroid dienone is 1. The summed E-state index contributed by atoms with van der Waals surface area (Å²) in [7, 11) is 0. The van der Waals surface area contributed by atoms with E-state index in [2.05, 4.69) is 27.2 Å². The van der Waals surface area contributed by atoms with E-state index in [-0.39, 0.29) is 11.7 Å². The number of anilines is 1. The summed E-state index contributed by atoms with van der Waals surface area (Å²) in [4.78, 5) is 20.9. The molecule has 2 aromatic heterocycles. The van der Waals surface area contributed by atoms with Gasteiger partial charge in [-0.2, -0.15) is 0 Å². The average molecular weight is 406 g/mol. The molecule has 0 fully saturated rings. The van der Waals surface area contributed by atoms with Gasteiger partial charge in [-0.15, -0.1) is 0 Å². The minimum atomic E-state index is -0.897. The van der Waals surface area contributed by atoms with Crippen molar-refractivity contribution in [2.45, 2.75) is 26.1 Å². The average Bonchev–Trinajstić information content (AvgIpc) is 2.74. The highest BCUT2D eigenvalue weighted by Gasteiger charge is 2.20. The van der Waals surface area contributed by atoms with Gasteiger partial charge < -0.3 is 15.7 Å². The molecule has 0 aliphatic heterocycles. The summed E-state index contributed by atoms with van der Waals surface area (Å²) in [6.45, 7) is 7.38. The second kappa shape index (κ2) is 9.28. The van der Waals surface area contributed by atoms with Gasteiger partial charge in [-0.25, -0.2) is 4.39 Å². The van der Waals surface area contributed by atoms with Gasteiger partial charge in [0.15, 0.2) is 0 Å². The van der Waals surface area contributed by atoms with E-state index in [1.54, 1.807) is 49.6 Å². The highest BCUT2D eigenvalue weighted by molar-refractivity contribution is 5.94. The summed E-state index contributed by atoms with van der Waals surface area (Å²) in [6.07, 6.45) is 3.01. The Morgan fingerprint density at radius 1 is 1.20 bits per heavy atom. The van der Waals surface area contributed by atoms with Gasteiger partial charge in [0.1, 0.15) is 12.0 Å². The van der Waals surface area contributed by atoms with E-state index >= 15 is 0 Å². The fourth-order valence-electron chi connectivity index (χ4n) is 2.86. The van der Waals surface area contributed by atoms with Crippen LogP contribution in [0.2, 0.25) is 0 Å². The molecule has 2 heterocycles. The van der Waals surface area contributed by atoms with E-state index < -0.39 is 12.3 Å². The third kappa shape index (κ3) is 5.07. The van der Waals surface area contributed by atoms with Crippen LogP contribution in [-0.4, -0.2) is 33.3 Å². The van der Waals surface area contributed by atoms with Crippen molar-refractivity contribution in [2.24, 2.45) is 0 Å². The molecule has 0 saturated carbocycles. The largest absolute Gasteiger partial charge is 0.389 e. The number of nitrogens with zero attached hydrogens (tertiary/aromatic N) is 2. The van der Waals surface area contributed by atoms with Crippen LogP contribution in [-0.2, 0) is 0 Å². The summed E-state index contributed by atoms with van der Waals surface area (Å²) >= 11 is 0. The van der Waals surface area contributed by atoms with Gasteiger partial charge in [-0.3, -0.25) is 14.8 Å². The highest BCUT2D eigenvalue weighted by Crippen LogP contribution is 2.28. The number of aromatic nitrogens is 2. The molecule has 30 heavy (non-hydrogen) atoms. The smallest absolute Gasteiger partial charge is 0.254 e.